The van der Waals surface area contributed by atoms with Gasteiger partial charge in [0, 0.05) is 17.7 Å². The summed E-state index contributed by atoms with van der Waals surface area (Å²) in [6.45, 7) is 4.89. The van der Waals surface area contributed by atoms with Crippen molar-refractivity contribution in [2.24, 2.45) is 5.92 Å². The van der Waals surface area contributed by atoms with Gasteiger partial charge < -0.3 is 10.6 Å². The fourth-order valence-electron chi connectivity index (χ4n) is 1.56. The molecular weight excluding hydrogens is 232 g/mol. The standard InChI is InChI=1S/C10H20N2OS.ClH/c1-8(14-2)7-12-10(13)9-3-5-11-6-4-9;/h8-9,11H,3-7H2,1-2H3,(H,12,13);1H. The number of thioether (sulfide) groups is 1. The molecule has 1 saturated heterocycles. The van der Waals surface area contributed by atoms with Crippen LogP contribution in [0.25, 0.3) is 0 Å². The molecule has 0 aromatic heterocycles. The SMILES string of the molecule is CSC(C)CNC(=O)C1CCNCC1.Cl. The lowest BCUT2D eigenvalue weighted by Gasteiger charge is -2.22. The Morgan fingerprint density at radius 1 is 1.53 bits per heavy atom. The van der Waals surface area contributed by atoms with Crippen molar-refractivity contribution in [3.63, 3.8) is 0 Å². The monoisotopic (exact) mass is 252 g/mol. The molecule has 1 fully saturated rings. The highest BCUT2D eigenvalue weighted by Gasteiger charge is 2.20. The number of rotatable bonds is 4. The van der Waals surface area contributed by atoms with Crippen molar-refractivity contribution in [2.75, 3.05) is 25.9 Å². The first kappa shape index (κ1) is 15.1. The van der Waals surface area contributed by atoms with Gasteiger partial charge in [-0.15, -0.1) is 12.4 Å². The van der Waals surface area contributed by atoms with Crippen LogP contribution < -0.4 is 10.6 Å². The average Bonchev–Trinajstić information content (AvgIpc) is 2.26. The van der Waals surface area contributed by atoms with Crippen LogP contribution in [0.3, 0.4) is 0 Å². The van der Waals surface area contributed by atoms with Crippen molar-refractivity contribution in [3.8, 4) is 0 Å². The van der Waals surface area contributed by atoms with Gasteiger partial charge >= 0.3 is 0 Å². The molecule has 15 heavy (non-hydrogen) atoms. The van der Waals surface area contributed by atoms with Crippen molar-refractivity contribution in [3.05, 3.63) is 0 Å². The molecule has 0 bridgehead atoms. The van der Waals surface area contributed by atoms with Gasteiger partial charge in [-0.25, -0.2) is 0 Å². The van der Waals surface area contributed by atoms with Crippen LogP contribution in [0.4, 0.5) is 0 Å². The Labute approximate surface area is 103 Å². The van der Waals surface area contributed by atoms with Gasteiger partial charge in [0.1, 0.15) is 0 Å². The van der Waals surface area contributed by atoms with E-state index in [0.717, 1.165) is 32.5 Å². The van der Waals surface area contributed by atoms with Crippen LogP contribution >= 0.6 is 24.2 Å². The summed E-state index contributed by atoms with van der Waals surface area (Å²) in [6, 6.07) is 0. The van der Waals surface area contributed by atoms with E-state index in [1.165, 1.54) is 0 Å². The number of halogens is 1. The number of piperidine rings is 1. The van der Waals surface area contributed by atoms with Crippen LogP contribution in [0.15, 0.2) is 0 Å². The van der Waals surface area contributed by atoms with Crippen molar-refractivity contribution in [1.82, 2.24) is 10.6 Å². The number of carbonyl (C=O) groups excluding carboxylic acids is 1. The Morgan fingerprint density at radius 3 is 2.67 bits per heavy atom. The van der Waals surface area contributed by atoms with Gasteiger partial charge in [0.05, 0.1) is 0 Å². The first-order chi connectivity index (χ1) is 6.74. The lowest BCUT2D eigenvalue weighted by atomic mass is 9.97. The van der Waals surface area contributed by atoms with E-state index in [0.29, 0.717) is 5.25 Å². The van der Waals surface area contributed by atoms with Crippen LogP contribution in [-0.4, -0.2) is 37.0 Å². The predicted molar refractivity (Wildman–Crippen MR) is 68.8 cm³/mol. The topological polar surface area (TPSA) is 41.1 Å². The highest BCUT2D eigenvalue weighted by Crippen LogP contribution is 2.11. The third-order valence-corrected chi connectivity index (χ3v) is 3.65. The molecular formula is C10H21ClN2OS. The van der Waals surface area contributed by atoms with E-state index in [2.05, 4.69) is 23.8 Å². The van der Waals surface area contributed by atoms with Gasteiger partial charge in [-0.1, -0.05) is 6.92 Å². The molecule has 1 rings (SSSR count). The molecule has 0 aromatic carbocycles. The second-order valence-corrected chi connectivity index (χ2v) is 5.09. The van der Waals surface area contributed by atoms with Crippen LogP contribution in [0, 0.1) is 5.92 Å². The Bertz CT molecular complexity index is 186. The minimum absolute atomic E-state index is 0. The third-order valence-electron chi connectivity index (χ3n) is 2.68. The molecule has 3 nitrogen and oxygen atoms in total. The molecule has 2 N–H and O–H groups in total. The van der Waals surface area contributed by atoms with Gasteiger partial charge in [-0.2, -0.15) is 11.8 Å². The molecule has 0 saturated carbocycles. The Hall–Kier alpha value is 0.0700. The number of nitrogens with one attached hydrogen (secondary N) is 2. The van der Waals surface area contributed by atoms with Crippen LogP contribution in [0.2, 0.25) is 0 Å². The molecule has 0 radical (unpaired) electrons. The van der Waals surface area contributed by atoms with Crippen molar-refractivity contribution < 1.29 is 4.79 Å². The second kappa shape index (κ2) is 8.25. The summed E-state index contributed by atoms with van der Waals surface area (Å²) in [4.78, 5) is 11.7. The van der Waals surface area contributed by atoms with Crippen LogP contribution in [0.1, 0.15) is 19.8 Å². The van der Waals surface area contributed by atoms with Crippen LogP contribution in [0.5, 0.6) is 0 Å². The summed E-state index contributed by atoms with van der Waals surface area (Å²) in [7, 11) is 0. The first-order valence-electron chi connectivity index (χ1n) is 5.25. The lowest BCUT2D eigenvalue weighted by Crippen LogP contribution is -2.39. The number of hydrogen-bond donors (Lipinski definition) is 2. The predicted octanol–water partition coefficient (Wildman–Crippen LogP) is 1.28. The molecule has 1 aliphatic heterocycles. The highest BCUT2D eigenvalue weighted by molar-refractivity contribution is 7.99. The van der Waals surface area contributed by atoms with E-state index >= 15 is 0 Å². The zero-order chi connectivity index (χ0) is 10.4. The Morgan fingerprint density at radius 2 is 2.13 bits per heavy atom. The average molecular weight is 253 g/mol. The Kier molecular flexibility index (Phi) is 8.29. The van der Waals surface area contributed by atoms with Crippen molar-refractivity contribution in [2.45, 2.75) is 25.0 Å². The quantitative estimate of drug-likeness (QED) is 0.792. The van der Waals surface area contributed by atoms with E-state index in [4.69, 9.17) is 0 Å². The van der Waals surface area contributed by atoms with Gasteiger partial charge in [-0.3, -0.25) is 4.79 Å². The van der Waals surface area contributed by atoms with E-state index in [1.54, 1.807) is 11.8 Å². The zero-order valence-electron chi connectivity index (χ0n) is 9.41. The maximum absolute atomic E-state index is 11.7. The molecule has 1 atom stereocenters. The minimum atomic E-state index is 0. The number of carbonyl (C=O) groups is 1. The number of amides is 1. The van der Waals surface area contributed by atoms with Gasteiger partial charge in [0.25, 0.3) is 0 Å². The summed E-state index contributed by atoms with van der Waals surface area (Å²) >= 11 is 1.79. The van der Waals surface area contributed by atoms with Gasteiger partial charge in [-0.05, 0) is 32.2 Å². The fraction of sp³-hybridized carbons (Fsp3) is 0.900. The highest BCUT2D eigenvalue weighted by atomic mass is 35.5. The normalized spacial score (nSPS) is 19.1. The first-order valence-corrected chi connectivity index (χ1v) is 6.54. The van der Waals surface area contributed by atoms with E-state index in [9.17, 15) is 4.79 Å². The molecule has 5 heteroatoms. The molecule has 1 heterocycles. The largest absolute Gasteiger partial charge is 0.355 e. The maximum atomic E-state index is 11.7. The summed E-state index contributed by atoms with van der Waals surface area (Å²) < 4.78 is 0. The van der Waals surface area contributed by atoms with Crippen molar-refractivity contribution >= 4 is 30.1 Å². The van der Waals surface area contributed by atoms with Crippen LogP contribution in [-0.2, 0) is 4.79 Å². The van der Waals surface area contributed by atoms with Gasteiger partial charge in [0.2, 0.25) is 5.91 Å². The minimum Gasteiger partial charge on any atom is -0.355 e. The summed E-state index contributed by atoms with van der Waals surface area (Å²) in [6.07, 6.45) is 4.04. The summed E-state index contributed by atoms with van der Waals surface area (Å²) in [5, 5.41) is 6.79. The number of hydrogen-bond acceptors (Lipinski definition) is 3. The van der Waals surface area contributed by atoms with E-state index in [1.807, 2.05) is 0 Å². The second-order valence-electron chi connectivity index (χ2n) is 3.82. The Balaban J connectivity index is 0.00000196. The van der Waals surface area contributed by atoms with Gasteiger partial charge in [0.15, 0.2) is 0 Å². The molecule has 0 spiro atoms. The lowest BCUT2D eigenvalue weighted by molar-refractivity contribution is -0.125. The van der Waals surface area contributed by atoms with E-state index in [-0.39, 0.29) is 24.2 Å². The summed E-state index contributed by atoms with van der Waals surface area (Å²) in [5.41, 5.74) is 0. The third kappa shape index (κ3) is 5.64. The fourth-order valence-corrected chi connectivity index (χ4v) is 1.81. The molecule has 0 aromatic rings. The maximum Gasteiger partial charge on any atom is 0.223 e. The zero-order valence-corrected chi connectivity index (χ0v) is 11.0. The van der Waals surface area contributed by atoms with Crippen molar-refractivity contribution in [1.29, 1.82) is 0 Å². The molecule has 1 amide bonds. The molecule has 0 aliphatic carbocycles. The van der Waals surface area contributed by atoms with E-state index < -0.39 is 0 Å². The molecule has 1 aliphatic rings. The smallest absolute Gasteiger partial charge is 0.223 e. The molecule has 1 unspecified atom stereocenters. The summed E-state index contributed by atoms with van der Waals surface area (Å²) in [5.74, 6) is 0.484. The molecule has 90 valence electrons.